The Hall–Kier alpha value is -0.830. The van der Waals surface area contributed by atoms with Crippen LogP contribution in [0.5, 0.6) is 5.75 Å². The predicted molar refractivity (Wildman–Crippen MR) is 64.7 cm³/mol. The zero-order valence-electron chi connectivity index (χ0n) is 7.73. The molecule has 84 valence electrons. The van der Waals surface area contributed by atoms with Crippen molar-refractivity contribution in [1.29, 1.82) is 0 Å². The van der Waals surface area contributed by atoms with E-state index >= 15 is 0 Å². The molecule has 16 heavy (non-hydrogen) atoms. The Morgan fingerprint density at radius 3 is 2.69 bits per heavy atom. The molecule has 1 aromatic heterocycles. The molecular formula is C9H5F2IN2OS. The van der Waals surface area contributed by atoms with E-state index in [4.69, 9.17) is 0 Å². The molecule has 0 unspecified atom stereocenters. The molecule has 0 spiro atoms. The molecule has 0 saturated carbocycles. The summed E-state index contributed by atoms with van der Waals surface area (Å²) in [6, 6.07) is 6.53. The maximum absolute atomic E-state index is 12.2. The summed E-state index contributed by atoms with van der Waals surface area (Å²) in [6.45, 7) is -2.84. The van der Waals surface area contributed by atoms with Crippen molar-refractivity contribution in [2.24, 2.45) is 0 Å². The molecule has 7 heteroatoms. The Morgan fingerprint density at radius 1 is 1.31 bits per heavy atom. The maximum atomic E-state index is 12.2. The van der Waals surface area contributed by atoms with Gasteiger partial charge in [0.25, 0.3) is 0 Å². The summed E-state index contributed by atoms with van der Waals surface area (Å²) in [5.74, 6) is 0.116. The number of rotatable bonds is 3. The van der Waals surface area contributed by atoms with Gasteiger partial charge in [0.15, 0.2) is 0 Å². The summed E-state index contributed by atoms with van der Waals surface area (Å²) < 4.78 is 33.3. The molecule has 0 aliphatic rings. The summed E-state index contributed by atoms with van der Waals surface area (Å²) in [6.07, 6.45) is 0. The Balaban J connectivity index is 2.40. The summed E-state index contributed by atoms with van der Waals surface area (Å²) >= 11 is 3.11. The monoisotopic (exact) mass is 354 g/mol. The minimum Gasteiger partial charge on any atom is -0.434 e. The van der Waals surface area contributed by atoms with Crippen LogP contribution in [0.15, 0.2) is 24.3 Å². The summed E-state index contributed by atoms with van der Waals surface area (Å²) in [5.41, 5.74) is 0.531. The van der Waals surface area contributed by atoms with Gasteiger partial charge in [-0.1, -0.05) is 12.1 Å². The van der Waals surface area contributed by atoms with Crippen LogP contribution < -0.4 is 4.74 Å². The fourth-order valence-electron chi connectivity index (χ4n) is 1.16. The summed E-state index contributed by atoms with van der Waals surface area (Å²) in [5, 5.41) is 0.570. The van der Waals surface area contributed by atoms with Crippen LogP contribution in [0, 0.1) is 3.83 Å². The van der Waals surface area contributed by atoms with Gasteiger partial charge in [-0.3, -0.25) is 0 Å². The van der Waals surface area contributed by atoms with Crippen LogP contribution in [0.4, 0.5) is 8.78 Å². The largest absolute Gasteiger partial charge is 0.434 e. The fraction of sp³-hybridized carbons (Fsp3) is 0.111. The van der Waals surface area contributed by atoms with Gasteiger partial charge in [-0.15, -0.1) is 0 Å². The number of benzene rings is 1. The van der Waals surface area contributed by atoms with E-state index in [0.717, 1.165) is 11.5 Å². The first-order valence-corrected chi connectivity index (χ1v) is 6.05. The molecule has 0 fully saturated rings. The van der Waals surface area contributed by atoms with Crippen molar-refractivity contribution in [3.05, 3.63) is 28.1 Å². The molecule has 0 bridgehead atoms. The van der Waals surface area contributed by atoms with E-state index in [1.165, 1.54) is 6.07 Å². The van der Waals surface area contributed by atoms with Gasteiger partial charge in [0.05, 0.1) is 5.56 Å². The van der Waals surface area contributed by atoms with Crippen molar-refractivity contribution >= 4 is 34.1 Å². The zero-order chi connectivity index (χ0) is 11.5. The Morgan fingerprint density at radius 2 is 2.06 bits per heavy atom. The van der Waals surface area contributed by atoms with Gasteiger partial charge < -0.3 is 4.74 Å². The van der Waals surface area contributed by atoms with Gasteiger partial charge in [0, 0.05) is 22.6 Å². The van der Waals surface area contributed by atoms with E-state index in [0.29, 0.717) is 14.4 Å². The van der Waals surface area contributed by atoms with Crippen molar-refractivity contribution in [3.63, 3.8) is 0 Å². The van der Waals surface area contributed by atoms with E-state index in [1.807, 2.05) is 22.6 Å². The number of nitrogens with zero attached hydrogens (tertiary/aromatic N) is 2. The Kier molecular flexibility index (Phi) is 3.64. The first kappa shape index (κ1) is 11.6. The minimum atomic E-state index is -2.84. The van der Waals surface area contributed by atoms with Crippen molar-refractivity contribution < 1.29 is 13.5 Å². The molecular weight excluding hydrogens is 349 g/mol. The van der Waals surface area contributed by atoms with Gasteiger partial charge in [0.1, 0.15) is 10.8 Å². The van der Waals surface area contributed by atoms with Crippen LogP contribution in [0.2, 0.25) is 0 Å². The number of alkyl halides is 2. The van der Waals surface area contributed by atoms with Crippen molar-refractivity contribution in [2.75, 3.05) is 0 Å². The SMILES string of the molecule is FC(F)Oc1ccccc1-c1nc(I)ns1. The van der Waals surface area contributed by atoms with Gasteiger partial charge in [0.2, 0.25) is 3.83 Å². The van der Waals surface area contributed by atoms with Crippen LogP contribution in [0.1, 0.15) is 0 Å². The third kappa shape index (κ3) is 2.64. The molecule has 0 radical (unpaired) electrons. The molecule has 0 amide bonds. The zero-order valence-corrected chi connectivity index (χ0v) is 10.7. The smallest absolute Gasteiger partial charge is 0.387 e. The lowest BCUT2D eigenvalue weighted by atomic mass is 10.2. The summed E-state index contributed by atoms with van der Waals surface area (Å²) in [4.78, 5) is 4.12. The quantitative estimate of drug-likeness (QED) is 0.793. The maximum Gasteiger partial charge on any atom is 0.387 e. The minimum absolute atomic E-state index is 0.116. The highest BCUT2D eigenvalue weighted by molar-refractivity contribution is 14.1. The molecule has 3 nitrogen and oxygen atoms in total. The molecule has 2 aromatic rings. The second kappa shape index (κ2) is 5.00. The Bertz CT molecular complexity index is 492. The van der Waals surface area contributed by atoms with Crippen molar-refractivity contribution in [1.82, 2.24) is 9.36 Å². The lowest BCUT2D eigenvalue weighted by Gasteiger charge is -2.07. The highest BCUT2D eigenvalue weighted by Gasteiger charge is 2.13. The fourth-order valence-corrected chi connectivity index (χ4v) is 2.45. The van der Waals surface area contributed by atoms with E-state index in [9.17, 15) is 8.78 Å². The van der Waals surface area contributed by atoms with E-state index in [-0.39, 0.29) is 5.75 Å². The number of para-hydroxylation sites is 1. The van der Waals surface area contributed by atoms with Crippen LogP contribution in [-0.4, -0.2) is 16.0 Å². The second-order valence-corrected chi connectivity index (χ2v) is 4.46. The molecule has 0 atom stereocenters. The molecule has 0 aliphatic carbocycles. The van der Waals surface area contributed by atoms with Crippen LogP contribution >= 0.6 is 34.1 Å². The second-order valence-electron chi connectivity index (χ2n) is 2.74. The highest BCUT2D eigenvalue weighted by Crippen LogP contribution is 2.31. The van der Waals surface area contributed by atoms with Crippen LogP contribution in [-0.2, 0) is 0 Å². The van der Waals surface area contributed by atoms with Gasteiger partial charge in [-0.2, -0.15) is 13.2 Å². The summed E-state index contributed by atoms with van der Waals surface area (Å²) in [7, 11) is 0. The molecule has 1 heterocycles. The average molecular weight is 354 g/mol. The molecule has 1 aromatic carbocycles. The lowest BCUT2D eigenvalue weighted by molar-refractivity contribution is -0.0494. The lowest BCUT2D eigenvalue weighted by Crippen LogP contribution is -2.02. The third-order valence-electron chi connectivity index (χ3n) is 1.73. The number of hydrogen-bond donors (Lipinski definition) is 0. The van der Waals surface area contributed by atoms with E-state index < -0.39 is 6.61 Å². The van der Waals surface area contributed by atoms with E-state index in [2.05, 4.69) is 14.1 Å². The molecule has 0 saturated heterocycles. The van der Waals surface area contributed by atoms with Crippen LogP contribution in [0.25, 0.3) is 10.6 Å². The van der Waals surface area contributed by atoms with Gasteiger partial charge in [-0.05, 0) is 23.7 Å². The number of hydrogen-bond acceptors (Lipinski definition) is 4. The number of halogens is 3. The first-order chi connectivity index (χ1) is 7.66. The Labute approximate surface area is 108 Å². The van der Waals surface area contributed by atoms with Crippen LogP contribution in [0.3, 0.4) is 0 Å². The van der Waals surface area contributed by atoms with E-state index in [1.54, 1.807) is 18.2 Å². The highest BCUT2D eigenvalue weighted by atomic mass is 127. The topological polar surface area (TPSA) is 35.0 Å². The predicted octanol–water partition coefficient (Wildman–Crippen LogP) is 3.41. The molecule has 0 aliphatic heterocycles. The standard InChI is InChI=1S/C9H5F2IN2OS/c10-8(11)15-6-4-2-1-3-5(6)7-13-9(12)14-16-7/h1-4,8H. The van der Waals surface area contributed by atoms with Gasteiger partial charge in [-0.25, -0.2) is 4.98 Å². The normalized spacial score (nSPS) is 10.8. The first-order valence-electron chi connectivity index (χ1n) is 4.20. The van der Waals surface area contributed by atoms with Gasteiger partial charge >= 0.3 is 6.61 Å². The average Bonchev–Trinajstić information content (AvgIpc) is 2.65. The van der Waals surface area contributed by atoms with Crippen molar-refractivity contribution in [2.45, 2.75) is 6.61 Å². The third-order valence-corrected chi connectivity index (χ3v) is 3.29. The van der Waals surface area contributed by atoms with Crippen molar-refractivity contribution in [3.8, 4) is 16.3 Å². The number of aromatic nitrogens is 2. The number of ether oxygens (including phenoxy) is 1. The molecule has 0 N–H and O–H groups in total. The molecule has 2 rings (SSSR count).